The van der Waals surface area contributed by atoms with E-state index in [4.69, 9.17) is 9.47 Å². The van der Waals surface area contributed by atoms with Crippen LogP contribution >= 0.6 is 0 Å². The van der Waals surface area contributed by atoms with Gasteiger partial charge >= 0.3 is 0 Å². The van der Waals surface area contributed by atoms with Gasteiger partial charge in [0.15, 0.2) is 29.9 Å². The molecule has 1 aromatic carbocycles. The number of aliphatic hydroxyl groups excluding tert-OH is 2. The number of nitrogens with zero attached hydrogens (tertiary/aromatic N) is 1. The Balaban J connectivity index is 2.02. The molecule has 1 aromatic rings. The van der Waals surface area contributed by atoms with Gasteiger partial charge in [0.2, 0.25) is 5.91 Å². The first kappa shape index (κ1) is 17.0. The highest BCUT2D eigenvalue weighted by molar-refractivity contribution is 5.92. The molecular weight excluding hydrogens is 309 g/mol. The van der Waals surface area contributed by atoms with Crippen LogP contribution < -0.4 is 20.1 Å². The summed E-state index contributed by atoms with van der Waals surface area (Å²) in [4.78, 5) is 13.0. The van der Waals surface area contributed by atoms with Gasteiger partial charge in [-0.2, -0.15) is 0 Å². The van der Waals surface area contributed by atoms with Gasteiger partial charge in [-0.05, 0) is 12.1 Å². The Bertz CT molecular complexity index is 610. The second-order valence-electron chi connectivity index (χ2n) is 4.75. The molecule has 0 saturated carbocycles. The van der Waals surface area contributed by atoms with Crippen molar-refractivity contribution in [1.82, 2.24) is 10.2 Å². The van der Waals surface area contributed by atoms with E-state index in [1.807, 2.05) is 0 Å². The lowest BCUT2D eigenvalue weighted by molar-refractivity contribution is -0.121. The molecule has 126 valence electrons. The van der Waals surface area contributed by atoms with E-state index in [0.717, 1.165) is 11.1 Å². The molecule has 0 saturated heterocycles. The van der Waals surface area contributed by atoms with Crippen LogP contribution in [0.2, 0.25) is 0 Å². The summed E-state index contributed by atoms with van der Waals surface area (Å²) in [6.45, 7) is -0.317. The highest BCUT2D eigenvalue weighted by Gasteiger charge is 2.26. The Morgan fingerprint density at radius 1 is 1.35 bits per heavy atom. The van der Waals surface area contributed by atoms with Crippen molar-refractivity contribution >= 4 is 11.6 Å². The highest BCUT2D eigenvalue weighted by Crippen LogP contribution is 2.29. The number of ether oxygens (including phenoxy) is 2. The van der Waals surface area contributed by atoms with E-state index in [2.05, 4.69) is 10.6 Å². The minimum atomic E-state index is -1.59. The van der Waals surface area contributed by atoms with Crippen LogP contribution in [-0.2, 0) is 4.79 Å². The lowest BCUT2D eigenvalue weighted by Crippen LogP contribution is -2.53. The Labute approximate surface area is 132 Å². The lowest BCUT2D eigenvalue weighted by atomic mass is 10.2. The first-order valence-corrected chi connectivity index (χ1v) is 6.71. The number of benzene rings is 1. The standard InChI is InChI=1S/C14H18FN3O5/c1-22-10-4-3-8(5-11(10)23-2)16-12(19)7-18-6-9(15)13(20)17-14(18)21/h3-6,13-14,17,20-21H,7H2,1-2H3,(H,16,19). The number of amides is 1. The summed E-state index contributed by atoms with van der Waals surface area (Å²) in [5, 5.41) is 23.6. The Morgan fingerprint density at radius 3 is 2.70 bits per heavy atom. The molecule has 8 nitrogen and oxygen atoms in total. The number of hydrogen-bond acceptors (Lipinski definition) is 7. The maximum atomic E-state index is 13.3. The van der Waals surface area contributed by atoms with Crippen LogP contribution in [0.3, 0.4) is 0 Å². The van der Waals surface area contributed by atoms with Gasteiger partial charge in [0.05, 0.1) is 14.2 Å². The van der Waals surface area contributed by atoms with Gasteiger partial charge in [-0.3, -0.25) is 4.79 Å². The number of carbonyl (C=O) groups is 1. The van der Waals surface area contributed by atoms with Crippen LogP contribution in [0, 0.1) is 0 Å². The average Bonchev–Trinajstić information content (AvgIpc) is 2.52. The monoisotopic (exact) mass is 327 g/mol. The van der Waals surface area contributed by atoms with Crippen LogP contribution in [0.15, 0.2) is 30.2 Å². The maximum Gasteiger partial charge on any atom is 0.244 e. The van der Waals surface area contributed by atoms with Crippen molar-refractivity contribution in [1.29, 1.82) is 0 Å². The molecule has 2 atom stereocenters. The van der Waals surface area contributed by atoms with E-state index < -0.39 is 24.3 Å². The molecule has 2 unspecified atom stereocenters. The second-order valence-corrected chi connectivity index (χ2v) is 4.75. The Kier molecular flexibility index (Phi) is 5.37. The number of halogens is 1. The largest absolute Gasteiger partial charge is 0.493 e. The number of methoxy groups -OCH3 is 2. The van der Waals surface area contributed by atoms with Gasteiger partial charge in [-0.15, -0.1) is 0 Å². The zero-order valence-corrected chi connectivity index (χ0v) is 12.6. The van der Waals surface area contributed by atoms with Gasteiger partial charge in [-0.25, -0.2) is 9.71 Å². The van der Waals surface area contributed by atoms with Crippen molar-refractivity contribution in [2.75, 3.05) is 26.1 Å². The van der Waals surface area contributed by atoms with Gasteiger partial charge in [-0.1, -0.05) is 0 Å². The van der Waals surface area contributed by atoms with Crippen LogP contribution in [0.4, 0.5) is 10.1 Å². The van der Waals surface area contributed by atoms with Gasteiger partial charge in [0.1, 0.15) is 6.54 Å². The fraction of sp³-hybridized carbons (Fsp3) is 0.357. The van der Waals surface area contributed by atoms with E-state index in [9.17, 15) is 19.4 Å². The van der Waals surface area contributed by atoms with Crippen molar-refractivity contribution in [2.45, 2.75) is 12.6 Å². The third-order valence-corrected chi connectivity index (χ3v) is 3.16. The van der Waals surface area contributed by atoms with Gasteiger partial charge < -0.3 is 29.9 Å². The molecule has 1 aliphatic heterocycles. The second kappa shape index (κ2) is 7.27. The summed E-state index contributed by atoms with van der Waals surface area (Å²) in [5.74, 6) is -0.424. The van der Waals surface area contributed by atoms with Crippen LogP contribution in [0.1, 0.15) is 0 Å². The number of hydrogen-bond donors (Lipinski definition) is 4. The molecule has 0 fully saturated rings. The predicted octanol–water partition coefficient (Wildman–Crippen LogP) is -0.0473. The summed E-state index contributed by atoms with van der Waals surface area (Å²) in [6.07, 6.45) is -2.09. The van der Waals surface area contributed by atoms with Crippen molar-refractivity contribution in [3.8, 4) is 11.5 Å². The smallest absolute Gasteiger partial charge is 0.244 e. The van der Waals surface area contributed by atoms with Crippen LogP contribution in [0.25, 0.3) is 0 Å². The summed E-state index contributed by atoms with van der Waals surface area (Å²) < 4.78 is 23.5. The predicted molar refractivity (Wildman–Crippen MR) is 79.2 cm³/mol. The van der Waals surface area contributed by atoms with Crippen LogP contribution in [-0.4, -0.2) is 54.4 Å². The van der Waals surface area contributed by atoms with E-state index in [1.54, 1.807) is 18.2 Å². The highest BCUT2D eigenvalue weighted by atomic mass is 19.1. The first-order chi connectivity index (χ1) is 10.9. The van der Waals surface area contributed by atoms with E-state index in [0.29, 0.717) is 17.2 Å². The molecule has 0 radical (unpaired) electrons. The van der Waals surface area contributed by atoms with Crippen molar-refractivity contribution in [3.05, 3.63) is 30.2 Å². The summed E-state index contributed by atoms with van der Waals surface area (Å²) >= 11 is 0. The summed E-state index contributed by atoms with van der Waals surface area (Å²) in [5.41, 5.74) is 0.455. The quantitative estimate of drug-likeness (QED) is 0.601. The SMILES string of the molecule is COc1ccc(NC(=O)CN2C=C(F)C(O)NC2O)cc1OC. The molecule has 2 rings (SSSR count). The molecule has 0 aliphatic carbocycles. The lowest BCUT2D eigenvalue weighted by Gasteiger charge is -2.32. The van der Waals surface area contributed by atoms with E-state index >= 15 is 0 Å². The minimum Gasteiger partial charge on any atom is -0.493 e. The number of anilines is 1. The maximum absolute atomic E-state index is 13.3. The average molecular weight is 327 g/mol. The minimum absolute atomic E-state index is 0.317. The molecule has 0 bridgehead atoms. The fourth-order valence-electron chi connectivity index (χ4n) is 2.03. The topological polar surface area (TPSA) is 103 Å². The van der Waals surface area contributed by atoms with Crippen molar-refractivity contribution < 1.29 is 28.9 Å². The van der Waals surface area contributed by atoms with Gasteiger partial charge in [0, 0.05) is 18.0 Å². The third-order valence-electron chi connectivity index (χ3n) is 3.16. The Hall–Kier alpha value is -2.36. The van der Waals surface area contributed by atoms with Gasteiger partial charge in [0.25, 0.3) is 0 Å². The van der Waals surface area contributed by atoms with Crippen molar-refractivity contribution in [3.63, 3.8) is 0 Å². The van der Waals surface area contributed by atoms with Crippen LogP contribution in [0.5, 0.6) is 11.5 Å². The molecule has 1 aliphatic rings. The van der Waals surface area contributed by atoms with Crippen molar-refractivity contribution in [2.24, 2.45) is 0 Å². The molecule has 1 amide bonds. The van der Waals surface area contributed by atoms with E-state index in [1.165, 1.54) is 14.2 Å². The molecular formula is C14H18FN3O5. The molecule has 1 heterocycles. The molecule has 0 spiro atoms. The zero-order chi connectivity index (χ0) is 17.0. The van der Waals surface area contributed by atoms with E-state index in [-0.39, 0.29) is 6.54 Å². The summed E-state index contributed by atoms with van der Waals surface area (Å²) in [6, 6.07) is 4.81. The normalized spacial score (nSPS) is 20.7. The number of nitrogens with one attached hydrogen (secondary N) is 2. The molecule has 0 aromatic heterocycles. The zero-order valence-electron chi connectivity index (χ0n) is 12.6. The molecule has 23 heavy (non-hydrogen) atoms. The first-order valence-electron chi connectivity index (χ1n) is 6.71. The molecule has 4 N–H and O–H groups in total. The number of carbonyl (C=O) groups excluding carboxylic acids is 1. The number of aliphatic hydroxyl groups is 2. The molecule has 9 heteroatoms. The fourth-order valence-corrected chi connectivity index (χ4v) is 2.03. The summed E-state index contributed by atoms with van der Waals surface area (Å²) in [7, 11) is 2.97. The number of rotatable bonds is 5. The third kappa shape index (κ3) is 4.09. The Morgan fingerprint density at radius 2 is 2.04 bits per heavy atom.